The lowest BCUT2D eigenvalue weighted by Crippen LogP contribution is -2.39. The molecule has 3 rings (SSSR count). The highest BCUT2D eigenvalue weighted by Crippen LogP contribution is 2.14. The van der Waals surface area contributed by atoms with E-state index in [1.165, 1.54) is 5.52 Å². The monoisotopic (exact) mass is 373 g/mol. The molecule has 7 heteroatoms. The smallest absolute Gasteiger partial charge is 0.191 e. The Bertz CT molecular complexity index is 737. The van der Waals surface area contributed by atoms with Gasteiger partial charge in [-0.3, -0.25) is 4.99 Å². The van der Waals surface area contributed by atoms with E-state index in [2.05, 4.69) is 43.4 Å². The minimum absolute atomic E-state index is 0.579. The molecular formula is C20H31N5O2. The van der Waals surface area contributed by atoms with Crippen molar-refractivity contribution in [3.8, 4) is 0 Å². The zero-order valence-corrected chi connectivity index (χ0v) is 16.4. The first-order valence-corrected chi connectivity index (χ1v) is 9.80. The van der Waals surface area contributed by atoms with E-state index in [9.17, 15) is 0 Å². The van der Waals surface area contributed by atoms with Gasteiger partial charge in [0.15, 0.2) is 5.96 Å². The fourth-order valence-corrected chi connectivity index (χ4v) is 3.33. The Labute approximate surface area is 161 Å². The fourth-order valence-electron chi connectivity index (χ4n) is 3.33. The van der Waals surface area contributed by atoms with Gasteiger partial charge in [0.2, 0.25) is 0 Å². The van der Waals surface area contributed by atoms with Gasteiger partial charge in [0.05, 0.1) is 24.2 Å². The Kier molecular flexibility index (Phi) is 7.47. The number of aryl methyl sites for hydroxylation is 1. The van der Waals surface area contributed by atoms with Gasteiger partial charge in [0, 0.05) is 45.8 Å². The van der Waals surface area contributed by atoms with Crippen molar-refractivity contribution in [1.29, 1.82) is 0 Å². The van der Waals surface area contributed by atoms with E-state index in [-0.39, 0.29) is 0 Å². The normalized spacial score (nSPS) is 17.6. The lowest BCUT2D eigenvalue weighted by Gasteiger charge is -2.13. The van der Waals surface area contributed by atoms with Gasteiger partial charge in [-0.15, -0.1) is 0 Å². The summed E-state index contributed by atoms with van der Waals surface area (Å²) in [4.78, 5) is 8.89. The Hall–Kier alpha value is -2.12. The molecule has 1 unspecified atom stereocenters. The molecule has 1 fully saturated rings. The highest BCUT2D eigenvalue weighted by atomic mass is 16.5. The van der Waals surface area contributed by atoms with Gasteiger partial charge in [-0.05, 0) is 31.9 Å². The van der Waals surface area contributed by atoms with Crippen molar-refractivity contribution in [2.24, 2.45) is 10.9 Å². The fraction of sp³-hybridized carbons (Fsp3) is 0.600. The third-order valence-corrected chi connectivity index (χ3v) is 4.83. The molecular weight excluding hydrogens is 342 g/mol. The quantitative estimate of drug-likeness (QED) is 0.399. The van der Waals surface area contributed by atoms with Crippen LogP contribution in [-0.4, -0.2) is 62.1 Å². The van der Waals surface area contributed by atoms with Crippen LogP contribution >= 0.6 is 0 Å². The second kappa shape index (κ2) is 10.3. The lowest BCUT2D eigenvalue weighted by molar-refractivity contribution is 0.0888. The van der Waals surface area contributed by atoms with E-state index in [1.54, 1.807) is 7.05 Å². The van der Waals surface area contributed by atoms with Crippen molar-refractivity contribution >= 4 is 17.0 Å². The predicted octanol–water partition coefficient (Wildman–Crippen LogP) is 1.95. The van der Waals surface area contributed by atoms with E-state index in [0.717, 1.165) is 76.2 Å². The van der Waals surface area contributed by atoms with Gasteiger partial charge in [0.25, 0.3) is 0 Å². The van der Waals surface area contributed by atoms with Gasteiger partial charge in [-0.1, -0.05) is 12.1 Å². The minimum Gasteiger partial charge on any atom is -0.381 e. The molecule has 1 atom stereocenters. The van der Waals surface area contributed by atoms with Crippen molar-refractivity contribution in [3.05, 3.63) is 30.1 Å². The Balaban J connectivity index is 1.32. The highest BCUT2D eigenvalue weighted by Gasteiger charge is 2.15. The summed E-state index contributed by atoms with van der Waals surface area (Å²) in [6.45, 7) is 7.83. The number of para-hydroxylation sites is 2. The largest absolute Gasteiger partial charge is 0.381 e. The Morgan fingerprint density at radius 1 is 1.33 bits per heavy atom. The molecule has 1 aliphatic rings. The van der Waals surface area contributed by atoms with Crippen molar-refractivity contribution in [1.82, 2.24) is 20.2 Å². The van der Waals surface area contributed by atoms with Crippen LogP contribution in [0.25, 0.3) is 11.0 Å². The Morgan fingerprint density at radius 2 is 2.19 bits per heavy atom. The molecule has 2 N–H and O–H groups in total. The first kappa shape index (κ1) is 19.6. The molecule has 7 nitrogen and oxygen atoms in total. The number of hydrogen-bond donors (Lipinski definition) is 2. The van der Waals surface area contributed by atoms with Gasteiger partial charge in [-0.2, -0.15) is 0 Å². The summed E-state index contributed by atoms with van der Waals surface area (Å²) in [5, 5.41) is 6.71. The van der Waals surface area contributed by atoms with Crippen molar-refractivity contribution in [2.45, 2.75) is 26.3 Å². The third-order valence-electron chi connectivity index (χ3n) is 4.83. The molecule has 2 aromatic rings. The summed E-state index contributed by atoms with van der Waals surface area (Å²) >= 11 is 0. The molecule has 1 saturated heterocycles. The minimum atomic E-state index is 0.579. The van der Waals surface area contributed by atoms with Gasteiger partial charge < -0.3 is 24.7 Å². The summed E-state index contributed by atoms with van der Waals surface area (Å²) in [5.74, 6) is 2.43. The second-order valence-electron chi connectivity index (χ2n) is 6.88. The summed E-state index contributed by atoms with van der Waals surface area (Å²) in [7, 11) is 1.80. The molecule has 2 heterocycles. The van der Waals surface area contributed by atoms with Crippen LogP contribution in [0.3, 0.4) is 0 Å². The zero-order chi connectivity index (χ0) is 18.9. The average Bonchev–Trinajstić information content (AvgIpc) is 3.30. The second-order valence-corrected chi connectivity index (χ2v) is 6.88. The van der Waals surface area contributed by atoms with Crippen LogP contribution in [0.1, 0.15) is 18.7 Å². The molecule has 0 spiro atoms. The number of nitrogens with one attached hydrogen (secondary N) is 2. The first-order chi connectivity index (χ1) is 13.3. The van der Waals surface area contributed by atoms with Crippen LogP contribution in [-0.2, 0) is 16.0 Å². The van der Waals surface area contributed by atoms with Crippen molar-refractivity contribution < 1.29 is 9.47 Å². The number of rotatable bonds is 9. The number of ether oxygens (including phenoxy) is 2. The van der Waals surface area contributed by atoms with Crippen LogP contribution in [0.4, 0.5) is 0 Å². The molecule has 1 aliphatic heterocycles. The Morgan fingerprint density at radius 3 is 3.00 bits per heavy atom. The van der Waals surface area contributed by atoms with E-state index < -0.39 is 0 Å². The van der Waals surface area contributed by atoms with Crippen LogP contribution in [0, 0.1) is 12.8 Å². The maximum Gasteiger partial charge on any atom is 0.191 e. The average molecular weight is 374 g/mol. The molecule has 0 aliphatic carbocycles. The molecule has 1 aromatic heterocycles. The molecule has 0 saturated carbocycles. The molecule has 27 heavy (non-hydrogen) atoms. The number of aliphatic imine (C=N–C) groups is 1. The molecule has 148 valence electrons. The van der Waals surface area contributed by atoms with E-state index in [1.807, 2.05) is 13.0 Å². The summed E-state index contributed by atoms with van der Waals surface area (Å²) in [6.07, 6.45) is 2.08. The third kappa shape index (κ3) is 5.68. The highest BCUT2D eigenvalue weighted by molar-refractivity contribution is 5.79. The molecule has 0 bridgehead atoms. The number of fused-ring (bicyclic) bond motifs is 1. The van der Waals surface area contributed by atoms with Gasteiger partial charge >= 0.3 is 0 Å². The number of nitrogens with zero attached hydrogens (tertiary/aromatic N) is 3. The standard InChI is InChI=1S/C20H31N5O2/c1-16-24-18-6-3-4-7-19(18)25(16)11-10-23-20(21-2)22-9-5-12-26-14-17-8-13-27-15-17/h3-4,6-7,17H,5,8-15H2,1-2H3,(H2,21,22,23). The summed E-state index contributed by atoms with van der Waals surface area (Å²) in [6, 6.07) is 8.23. The van der Waals surface area contributed by atoms with E-state index in [0.29, 0.717) is 5.92 Å². The molecule has 0 radical (unpaired) electrons. The number of imidazole rings is 1. The first-order valence-electron chi connectivity index (χ1n) is 9.80. The zero-order valence-electron chi connectivity index (χ0n) is 16.4. The molecule has 0 amide bonds. The number of benzene rings is 1. The van der Waals surface area contributed by atoms with E-state index >= 15 is 0 Å². The summed E-state index contributed by atoms with van der Waals surface area (Å²) in [5.41, 5.74) is 2.21. The van der Waals surface area contributed by atoms with Crippen LogP contribution in [0.15, 0.2) is 29.3 Å². The SMILES string of the molecule is CN=C(NCCCOCC1CCOC1)NCCn1c(C)nc2ccccc21. The van der Waals surface area contributed by atoms with Crippen molar-refractivity contribution in [2.75, 3.05) is 46.6 Å². The topological polar surface area (TPSA) is 72.7 Å². The lowest BCUT2D eigenvalue weighted by atomic mass is 10.1. The van der Waals surface area contributed by atoms with Gasteiger partial charge in [-0.25, -0.2) is 4.98 Å². The number of guanidine groups is 1. The van der Waals surface area contributed by atoms with Crippen LogP contribution in [0.2, 0.25) is 0 Å². The number of hydrogen-bond acceptors (Lipinski definition) is 4. The maximum absolute atomic E-state index is 5.73. The predicted molar refractivity (Wildman–Crippen MR) is 108 cm³/mol. The van der Waals surface area contributed by atoms with Crippen molar-refractivity contribution in [3.63, 3.8) is 0 Å². The van der Waals surface area contributed by atoms with Crippen LogP contribution < -0.4 is 10.6 Å². The van der Waals surface area contributed by atoms with Crippen LogP contribution in [0.5, 0.6) is 0 Å². The van der Waals surface area contributed by atoms with Gasteiger partial charge in [0.1, 0.15) is 5.82 Å². The number of aromatic nitrogens is 2. The van der Waals surface area contributed by atoms with E-state index in [4.69, 9.17) is 9.47 Å². The molecule has 1 aromatic carbocycles. The summed E-state index contributed by atoms with van der Waals surface area (Å²) < 4.78 is 13.3. The maximum atomic E-state index is 5.73.